The molecule has 5 nitrogen and oxygen atoms in total. The minimum Gasteiger partial charge on any atom is -0.494 e. The lowest BCUT2D eigenvalue weighted by atomic mass is 10.00. The van der Waals surface area contributed by atoms with Crippen LogP contribution in [-0.2, 0) is 19.5 Å². The number of nitrogens with zero attached hydrogens (tertiary/aromatic N) is 2. The highest BCUT2D eigenvalue weighted by molar-refractivity contribution is 5.74. The summed E-state index contributed by atoms with van der Waals surface area (Å²) < 4.78 is 5.55. The number of carbonyl (C=O) groups is 1. The summed E-state index contributed by atoms with van der Waals surface area (Å²) >= 11 is 0. The van der Waals surface area contributed by atoms with Gasteiger partial charge in [0.15, 0.2) is 0 Å². The van der Waals surface area contributed by atoms with Crippen molar-refractivity contribution in [3.63, 3.8) is 0 Å². The fourth-order valence-electron chi connectivity index (χ4n) is 2.74. The molecule has 0 radical (unpaired) electrons. The number of aromatic nitrogens is 1. The topological polar surface area (TPSA) is 54.5 Å². The Balaban J connectivity index is 1.61. The summed E-state index contributed by atoms with van der Waals surface area (Å²) in [6, 6.07) is 11.8. The monoisotopic (exact) mass is 311 g/mol. The Bertz CT molecular complexity index is 673. The van der Waals surface area contributed by atoms with Gasteiger partial charge in [-0.05, 0) is 48.7 Å². The van der Waals surface area contributed by atoms with Crippen molar-refractivity contribution in [3.8, 4) is 5.75 Å². The van der Waals surface area contributed by atoms with Crippen LogP contribution in [0.25, 0.3) is 0 Å². The van der Waals surface area contributed by atoms with E-state index in [1.807, 2.05) is 42.2 Å². The van der Waals surface area contributed by atoms with Gasteiger partial charge in [0.05, 0.1) is 18.8 Å². The Morgan fingerprint density at radius 3 is 3.00 bits per heavy atom. The summed E-state index contributed by atoms with van der Waals surface area (Å²) in [5.74, 6) is 0.863. The fourth-order valence-corrected chi connectivity index (χ4v) is 2.74. The average molecular weight is 311 g/mol. The third-order valence-electron chi connectivity index (χ3n) is 3.94. The first kappa shape index (κ1) is 15.3. The molecule has 1 N–H and O–H groups in total. The van der Waals surface area contributed by atoms with E-state index in [1.54, 1.807) is 6.20 Å². The van der Waals surface area contributed by atoms with Gasteiger partial charge in [0.1, 0.15) is 5.75 Å². The SMILES string of the molecule is CCOc1ccc2c(c1)CN(C(=O)NCc1ccccn1)CC2. The number of hydrogen-bond acceptors (Lipinski definition) is 3. The number of ether oxygens (including phenoxy) is 1. The van der Waals surface area contributed by atoms with E-state index in [0.717, 1.165) is 30.0 Å². The van der Waals surface area contributed by atoms with Crippen LogP contribution in [0.3, 0.4) is 0 Å². The molecule has 0 unspecified atom stereocenters. The molecular weight excluding hydrogens is 290 g/mol. The van der Waals surface area contributed by atoms with Gasteiger partial charge in [-0.3, -0.25) is 4.98 Å². The van der Waals surface area contributed by atoms with E-state index in [1.165, 1.54) is 5.56 Å². The molecule has 0 saturated heterocycles. The van der Waals surface area contributed by atoms with E-state index in [0.29, 0.717) is 19.7 Å². The highest BCUT2D eigenvalue weighted by atomic mass is 16.5. The first-order valence-corrected chi connectivity index (χ1v) is 7.93. The molecule has 0 bridgehead atoms. The van der Waals surface area contributed by atoms with Gasteiger partial charge in [-0.15, -0.1) is 0 Å². The van der Waals surface area contributed by atoms with E-state index >= 15 is 0 Å². The zero-order valence-electron chi connectivity index (χ0n) is 13.3. The standard InChI is InChI=1S/C18H21N3O2/c1-2-23-17-7-6-14-8-10-21(13-15(14)11-17)18(22)20-12-16-5-3-4-9-19-16/h3-7,9,11H,2,8,10,12-13H2,1H3,(H,20,22). The molecule has 0 fully saturated rings. The maximum Gasteiger partial charge on any atom is 0.318 e. The highest BCUT2D eigenvalue weighted by Crippen LogP contribution is 2.24. The Kier molecular flexibility index (Phi) is 4.76. The zero-order chi connectivity index (χ0) is 16.1. The molecule has 5 heteroatoms. The molecule has 0 saturated carbocycles. The number of fused-ring (bicyclic) bond motifs is 1. The Morgan fingerprint density at radius 2 is 2.22 bits per heavy atom. The molecule has 1 aromatic heterocycles. The largest absolute Gasteiger partial charge is 0.494 e. The van der Waals surface area contributed by atoms with Gasteiger partial charge >= 0.3 is 6.03 Å². The van der Waals surface area contributed by atoms with Crippen LogP contribution in [0.1, 0.15) is 23.7 Å². The second-order valence-electron chi connectivity index (χ2n) is 5.51. The molecule has 0 aliphatic carbocycles. The van der Waals surface area contributed by atoms with E-state index < -0.39 is 0 Å². The van der Waals surface area contributed by atoms with Crippen LogP contribution in [-0.4, -0.2) is 29.1 Å². The van der Waals surface area contributed by atoms with Crippen molar-refractivity contribution < 1.29 is 9.53 Å². The van der Waals surface area contributed by atoms with Gasteiger partial charge in [-0.25, -0.2) is 4.79 Å². The highest BCUT2D eigenvalue weighted by Gasteiger charge is 2.20. The predicted molar refractivity (Wildman–Crippen MR) is 88.2 cm³/mol. The van der Waals surface area contributed by atoms with Gasteiger partial charge < -0.3 is 15.0 Å². The zero-order valence-corrected chi connectivity index (χ0v) is 13.3. The molecule has 23 heavy (non-hydrogen) atoms. The lowest BCUT2D eigenvalue weighted by Gasteiger charge is -2.29. The number of pyridine rings is 1. The van der Waals surface area contributed by atoms with Gasteiger partial charge in [0.25, 0.3) is 0 Å². The molecule has 3 rings (SSSR count). The van der Waals surface area contributed by atoms with Gasteiger partial charge in [-0.1, -0.05) is 12.1 Å². The summed E-state index contributed by atoms with van der Waals surface area (Å²) in [4.78, 5) is 18.4. The molecule has 0 spiro atoms. The Morgan fingerprint density at radius 1 is 1.30 bits per heavy atom. The number of benzene rings is 1. The van der Waals surface area contributed by atoms with Crippen molar-refractivity contribution >= 4 is 6.03 Å². The van der Waals surface area contributed by atoms with E-state index in [9.17, 15) is 4.79 Å². The van der Waals surface area contributed by atoms with Crippen LogP contribution in [0.15, 0.2) is 42.6 Å². The van der Waals surface area contributed by atoms with Gasteiger partial charge in [0, 0.05) is 19.3 Å². The number of rotatable bonds is 4. The molecule has 0 atom stereocenters. The van der Waals surface area contributed by atoms with Crippen LogP contribution in [0, 0.1) is 0 Å². The van der Waals surface area contributed by atoms with E-state index in [2.05, 4.69) is 16.4 Å². The lowest BCUT2D eigenvalue weighted by Crippen LogP contribution is -2.42. The molecule has 1 aromatic carbocycles. The summed E-state index contributed by atoms with van der Waals surface area (Å²) in [5.41, 5.74) is 3.31. The van der Waals surface area contributed by atoms with Crippen LogP contribution in [0.5, 0.6) is 5.75 Å². The minimum absolute atomic E-state index is 0.0527. The van der Waals surface area contributed by atoms with Crippen molar-refractivity contribution in [2.45, 2.75) is 26.4 Å². The fraction of sp³-hybridized carbons (Fsp3) is 0.333. The summed E-state index contributed by atoms with van der Waals surface area (Å²) in [7, 11) is 0. The lowest BCUT2D eigenvalue weighted by molar-refractivity contribution is 0.191. The molecule has 1 aliphatic rings. The first-order valence-electron chi connectivity index (χ1n) is 7.93. The second-order valence-corrected chi connectivity index (χ2v) is 5.51. The van der Waals surface area contributed by atoms with Crippen molar-refractivity contribution in [1.29, 1.82) is 0 Å². The minimum atomic E-state index is -0.0527. The predicted octanol–water partition coefficient (Wildman–Crippen LogP) is 2.75. The number of hydrogen-bond donors (Lipinski definition) is 1. The maximum absolute atomic E-state index is 12.3. The smallest absolute Gasteiger partial charge is 0.318 e. The molecule has 2 amide bonds. The van der Waals surface area contributed by atoms with Crippen molar-refractivity contribution in [2.75, 3.05) is 13.2 Å². The molecule has 120 valence electrons. The van der Waals surface area contributed by atoms with Crippen LogP contribution < -0.4 is 10.1 Å². The number of urea groups is 1. The van der Waals surface area contributed by atoms with Crippen molar-refractivity contribution in [2.24, 2.45) is 0 Å². The third-order valence-corrected chi connectivity index (χ3v) is 3.94. The van der Waals surface area contributed by atoms with Gasteiger partial charge in [-0.2, -0.15) is 0 Å². The van der Waals surface area contributed by atoms with Crippen molar-refractivity contribution in [1.82, 2.24) is 15.2 Å². The summed E-state index contributed by atoms with van der Waals surface area (Å²) in [6.07, 6.45) is 2.60. The van der Waals surface area contributed by atoms with E-state index in [-0.39, 0.29) is 6.03 Å². The molecule has 1 aliphatic heterocycles. The molecule has 2 heterocycles. The van der Waals surface area contributed by atoms with Crippen LogP contribution in [0.2, 0.25) is 0 Å². The first-order chi connectivity index (χ1) is 11.3. The second kappa shape index (κ2) is 7.13. The third kappa shape index (κ3) is 3.80. The maximum atomic E-state index is 12.3. The Labute approximate surface area is 136 Å². The quantitative estimate of drug-likeness (QED) is 0.944. The molecule has 2 aromatic rings. The average Bonchev–Trinajstić information content (AvgIpc) is 2.60. The summed E-state index contributed by atoms with van der Waals surface area (Å²) in [5, 5.41) is 2.93. The van der Waals surface area contributed by atoms with E-state index in [4.69, 9.17) is 4.74 Å². The van der Waals surface area contributed by atoms with Gasteiger partial charge in [0.2, 0.25) is 0 Å². The summed E-state index contributed by atoms with van der Waals surface area (Å²) in [6.45, 7) is 4.41. The van der Waals surface area contributed by atoms with Crippen LogP contribution in [0.4, 0.5) is 4.79 Å². The van der Waals surface area contributed by atoms with Crippen molar-refractivity contribution in [3.05, 3.63) is 59.4 Å². The molecular formula is C18H21N3O2. The Hall–Kier alpha value is -2.56. The number of amides is 2. The number of carbonyl (C=O) groups excluding carboxylic acids is 1. The normalized spacial score (nSPS) is 13.3. The van der Waals surface area contributed by atoms with Crippen LogP contribution >= 0.6 is 0 Å². The number of nitrogens with one attached hydrogen (secondary N) is 1.